The van der Waals surface area contributed by atoms with Gasteiger partial charge in [-0.15, -0.1) is 0 Å². The first-order chi connectivity index (χ1) is 5.45. The molecule has 0 atom stereocenters. The van der Waals surface area contributed by atoms with Crippen LogP contribution in [0, 0.1) is 0 Å². The number of hydrogen-bond acceptors (Lipinski definition) is 1. The SMILES string of the molecule is CN1CCN(C)C1=O.ClC(Cl)Cl. The molecule has 0 aromatic carbocycles. The molecule has 0 spiro atoms. The van der Waals surface area contributed by atoms with Crippen LogP contribution in [0.1, 0.15) is 0 Å². The van der Waals surface area contributed by atoms with Crippen molar-refractivity contribution in [2.75, 3.05) is 27.2 Å². The van der Waals surface area contributed by atoms with Gasteiger partial charge < -0.3 is 9.80 Å². The maximum Gasteiger partial charge on any atom is 0.319 e. The third kappa shape index (κ3) is 4.91. The summed E-state index contributed by atoms with van der Waals surface area (Å²) in [5.41, 5.74) is 0. The van der Waals surface area contributed by atoms with E-state index in [9.17, 15) is 4.79 Å². The van der Waals surface area contributed by atoms with Gasteiger partial charge >= 0.3 is 6.03 Å². The van der Waals surface area contributed by atoms with Gasteiger partial charge in [0.2, 0.25) is 0 Å². The number of carbonyl (C=O) groups is 1. The molecule has 0 saturated carbocycles. The fraction of sp³-hybridized carbons (Fsp3) is 0.833. The molecule has 0 N–H and O–H groups in total. The lowest BCUT2D eigenvalue weighted by Gasteiger charge is -2.07. The molecule has 3 nitrogen and oxygen atoms in total. The summed E-state index contributed by atoms with van der Waals surface area (Å²) in [4.78, 5) is 14.2. The van der Waals surface area contributed by atoms with Crippen molar-refractivity contribution in [3.8, 4) is 0 Å². The number of carbonyl (C=O) groups excluding carboxylic acids is 1. The van der Waals surface area contributed by atoms with Crippen molar-refractivity contribution >= 4 is 40.8 Å². The maximum atomic E-state index is 10.8. The molecule has 12 heavy (non-hydrogen) atoms. The Bertz CT molecular complexity index is 139. The van der Waals surface area contributed by atoms with Crippen LogP contribution in [0.5, 0.6) is 0 Å². The Morgan fingerprint density at radius 3 is 1.50 bits per heavy atom. The predicted molar refractivity (Wildman–Crippen MR) is 52.0 cm³/mol. The highest BCUT2D eigenvalue weighted by molar-refractivity contribution is 6.63. The molecule has 0 bridgehead atoms. The highest BCUT2D eigenvalue weighted by Crippen LogP contribution is 2.03. The average Bonchev–Trinajstić information content (AvgIpc) is 2.19. The summed E-state index contributed by atoms with van der Waals surface area (Å²) < 4.78 is -0.750. The summed E-state index contributed by atoms with van der Waals surface area (Å²) in [5, 5.41) is 0. The topological polar surface area (TPSA) is 23.6 Å². The van der Waals surface area contributed by atoms with E-state index >= 15 is 0 Å². The van der Waals surface area contributed by atoms with E-state index in [1.54, 1.807) is 9.80 Å². The first kappa shape index (κ1) is 12.1. The molecule has 1 saturated heterocycles. The van der Waals surface area contributed by atoms with Gasteiger partial charge in [0.1, 0.15) is 0 Å². The summed E-state index contributed by atoms with van der Waals surface area (Å²) in [6.07, 6.45) is 0. The van der Waals surface area contributed by atoms with Crippen LogP contribution >= 0.6 is 34.8 Å². The van der Waals surface area contributed by atoms with E-state index in [0.717, 1.165) is 13.1 Å². The zero-order valence-corrected chi connectivity index (χ0v) is 9.20. The normalized spacial score (nSPS) is 16.7. The lowest BCUT2D eigenvalue weighted by Crippen LogP contribution is -2.25. The molecule has 2 amide bonds. The van der Waals surface area contributed by atoms with Gasteiger partial charge in [-0.3, -0.25) is 0 Å². The van der Waals surface area contributed by atoms with Crippen molar-refractivity contribution in [3.63, 3.8) is 0 Å². The van der Waals surface area contributed by atoms with Crippen molar-refractivity contribution in [1.82, 2.24) is 9.80 Å². The number of nitrogens with zero attached hydrogens (tertiary/aromatic N) is 2. The van der Waals surface area contributed by atoms with Crippen LogP contribution in [0.25, 0.3) is 0 Å². The summed E-state index contributed by atoms with van der Waals surface area (Å²) in [7, 11) is 3.62. The second kappa shape index (κ2) is 5.73. The molecule has 1 fully saturated rings. The number of halogens is 3. The van der Waals surface area contributed by atoms with Crippen molar-refractivity contribution in [1.29, 1.82) is 0 Å². The fourth-order valence-electron chi connectivity index (χ4n) is 0.783. The van der Waals surface area contributed by atoms with E-state index in [1.807, 2.05) is 14.1 Å². The van der Waals surface area contributed by atoms with Crippen LogP contribution in [0.3, 0.4) is 0 Å². The average molecular weight is 234 g/mol. The molecule has 1 aliphatic rings. The molecule has 1 rings (SSSR count). The Labute approximate surface area is 87.2 Å². The van der Waals surface area contributed by atoms with Crippen LogP contribution in [0.15, 0.2) is 0 Å². The number of rotatable bonds is 0. The summed E-state index contributed by atoms with van der Waals surface area (Å²) in [5.74, 6) is 0. The lowest BCUT2D eigenvalue weighted by molar-refractivity contribution is 0.205. The van der Waals surface area contributed by atoms with Gasteiger partial charge in [-0.05, 0) is 0 Å². The number of hydrogen-bond donors (Lipinski definition) is 0. The molecule has 0 radical (unpaired) electrons. The molecular formula is C6H11Cl3N2O. The Hall–Kier alpha value is 0.140. The second-order valence-corrected chi connectivity index (χ2v) is 4.35. The Kier molecular flexibility index (Phi) is 5.80. The van der Waals surface area contributed by atoms with Crippen LogP contribution in [-0.2, 0) is 0 Å². The number of alkyl halides is 3. The number of likely N-dealkylation sites (N-methyl/N-ethyl adjacent to an activating group) is 2. The van der Waals surface area contributed by atoms with Gasteiger partial charge in [0.25, 0.3) is 0 Å². The van der Waals surface area contributed by atoms with Crippen molar-refractivity contribution in [3.05, 3.63) is 0 Å². The Morgan fingerprint density at radius 2 is 1.42 bits per heavy atom. The zero-order chi connectivity index (χ0) is 9.72. The van der Waals surface area contributed by atoms with E-state index in [1.165, 1.54) is 0 Å². The molecule has 0 aromatic heterocycles. The van der Waals surface area contributed by atoms with E-state index in [2.05, 4.69) is 0 Å². The fourth-order valence-corrected chi connectivity index (χ4v) is 0.783. The molecule has 0 unspecified atom stereocenters. The minimum absolute atomic E-state index is 0.130. The van der Waals surface area contributed by atoms with E-state index in [4.69, 9.17) is 34.8 Å². The monoisotopic (exact) mass is 232 g/mol. The molecule has 0 aliphatic carbocycles. The third-order valence-corrected chi connectivity index (χ3v) is 1.42. The second-order valence-electron chi connectivity index (χ2n) is 2.37. The Morgan fingerprint density at radius 1 is 1.17 bits per heavy atom. The first-order valence-corrected chi connectivity index (χ1v) is 4.64. The maximum absolute atomic E-state index is 10.8. The Balaban J connectivity index is 0.000000261. The van der Waals surface area contributed by atoms with Crippen molar-refractivity contribution < 1.29 is 4.79 Å². The molecule has 0 aromatic rings. The van der Waals surface area contributed by atoms with Crippen LogP contribution < -0.4 is 0 Å². The third-order valence-electron chi connectivity index (χ3n) is 1.42. The van der Waals surface area contributed by atoms with Gasteiger partial charge in [-0.1, -0.05) is 34.8 Å². The van der Waals surface area contributed by atoms with E-state index < -0.39 is 4.30 Å². The van der Waals surface area contributed by atoms with Crippen LogP contribution in [0.2, 0.25) is 0 Å². The van der Waals surface area contributed by atoms with Crippen LogP contribution in [0.4, 0.5) is 4.79 Å². The van der Waals surface area contributed by atoms with Gasteiger partial charge in [0, 0.05) is 27.2 Å². The largest absolute Gasteiger partial charge is 0.326 e. The van der Waals surface area contributed by atoms with Crippen LogP contribution in [-0.4, -0.2) is 47.3 Å². The number of amides is 2. The highest BCUT2D eigenvalue weighted by atomic mass is 35.6. The zero-order valence-electron chi connectivity index (χ0n) is 6.93. The van der Waals surface area contributed by atoms with Gasteiger partial charge in [0.15, 0.2) is 4.30 Å². The quantitative estimate of drug-likeness (QED) is 0.587. The standard InChI is InChI=1S/C5H10N2O.CHCl3/c1-6-3-4-7(2)5(6)8;2-1(3)4/h3-4H2,1-2H3;1H. The molecule has 1 aliphatic heterocycles. The van der Waals surface area contributed by atoms with E-state index in [-0.39, 0.29) is 6.03 Å². The van der Waals surface area contributed by atoms with Crippen molar-refractivity contribution in [2.24, 2.45) is 0 Å². The molecule has 1 heterocycles. The summed E-state index contributed by atoms with van der Waals surface area (Å²) >= 11 is 14.4. The highest BCUT2D eigenvalue weighted by Gasteiger charge is 2.20. The summed E-state index contributed by atoms with van der Waals surface area (Å²) in [6.45, 7) is 1.74. The molecule has 6 heteroatoms. The number of urea groups is 1. The first-order valence-electron chi connectivity index (χ1n) is 3.33. The predicted octanol–water partition coefficient (Wildman–Crippen LogP) is 1.97. The van der Waals surface area contributed by atoms with Gasteiger partial charge in [-0.2, -0.15) is 0 Å². The van der Waals surface area contributed by atoms with Gasteiger partial charge in [0.05, 0.1) is 0 Å². The summed E-state index contributed by atoms with van der Waals surface area (Å²) in [6, 6.07) is 0.130. The minimum atomic E-state index is -0.750. The molecular weight excluding hydrogens is 222 g/mol. The lowest BCUT2D eigenvalue weighted by atomic mass is 10.6. The smallest absolute Gasteiger partial charge is 0.319 e. The minimum Gasteiger partial charge on any atom is -0.326 e. The molecule has 72 valence electrons. The van der Waals surface area contributed by atoms with E-state index in [0.29, 0.717) is 0 Å². The van der Waals surface area contributed by atoms with Gasteiger partial charge in [-0.25, -0.2) is 4.79 Å². The van der Waals surface area contributed by atoms with Crippen molar-refractivity contribution in [2.45, 2.75) is 4.30 Å².